The van der Waals surface area contributed by atoms with Crippen LogP contribution in [0.1, 0.15) is 21.6 Å². The molecule has 1 amide bonds. The summed E-state index contributed by atoms with van der Waals surface area (Å²) in [5, 5.41) is 16.0. The molecule has 0 N–H and O–H groups in total. The molecule has 0 atom stereocenters. The number of fused-ring (bicyclic) bond motifs is 1. The summed E-state index contributed by atoms with van der Waals surface area (Å²) in [4.78, 5) is 26.3. The molecule has 32 heavy (non-hydrogen) atoms. The molecule has 0 saturated heterocycles. The zero-order valence-electron chi connectivity index (χ0n) is 17.5. The Morgan fingerprint density at radius 3 is 2.59 bits per heavy atom. The minimum absolute atomic E-state index is 0.0521. The van der Waals surface area contributed by atoms with Crippen LogP contribution in [0.5, 0.6) is 0 Å². The van der Waals surface area contributed by atoms with E-state index in [0.717, 1.165) is 17.7 Å². The Labute approximate surface area is 184 Å². The number of hydrogen-bond acceptors (Lipinski definition) is 4. The van der Waals surface area contributed by atoms with Gasteiger partial charge in [0.2, 0.25) is 0 Å². The lowest BCUT2D eigenvalue weighted by molar-refractivity contribution is -0.384. The maximum Gasteiger partial charge on any atom is 0.272 e. The van der Waals surface area contributed by atoms with Crippen molar-refractivity contribution in [1.29, 1.82) is 0 Å². The molecule has 160 valence electrons. The van der Waals surface area contributed by atoms with E-state index in [4.69, 9.17) is 0 Å². The van der Waals surface area contributed by atoms with Gasteiger partial charge in [-0.3, -0.25) is 14.9 Å². The highest BCUT2D eigenvalue weighted by molar-refractivity contribution is 5.94. The third kappa shape index (κ3) is 3.45. The molecule has 2 aromatic carbocycles. The van der Waals surface area contributed by atoms with Crippen LogP contribution in [0.2, 0.25) is 0 Å². The number of nitro benzene ring substituents is 1. The van der Waals surface area contributed by atoms with Gasteiger partial charge in [-0.05, 0) is 41.8 Å². The number of nitro groups is 1. The topological polar surface area (TPSA) is 86.2 Å². The first-order valence-electron chi connectivity index (χ1n) is 10.3. The number of aryl methyl sites for hydroxylation is 1. The first-order valence-corrected chi connectivity index (χ1v) is 10.3. The Morgan fingerprint density at radius 2 is 1.84 bits per heavy atom. The fourth-order valence-electron chi connectivity index (χ4n) is 4.15. The Bertz CT molecular complexity index is 1340. The number of aromatic nitrogens is 3. The SMILES string of the molecule is Cn1cccc1-c1cc(C(=O)N2CCc3ccccc3C2)n(-c2cccc([N+](=O)[O-])c2)n1. The van der Waals surface area contributed by atoms with Crippen molar-refractivity contribution < 1.29 is 9.72 Å². The number of non-ortho nitro benzene ring substituents is 1. The van der Waals surface area contributed by atoms with Crippen LogP contribution in [0.4, 0.5) is 5.69 Å². The number of amides is 1. The van der Waals surface area contributed by atoms with Crippen molar-refractivity contribution in [3.8, 4) is 17.1 Å². The van der Waals surface area contributed by atoms with Crippen LogP contribution in [0.25, 0.3) is 17.1 Å². The maximum absolute atomic E-state index is 13.6. The van der Waals surface area contributed by atoms with E-state index in [9.17, 15) is 14.9 Å². The van der Waals surface area contributed by atoms with Crippen LogP contribution >= 0.6 is 0 Å². The van der Waals surface area contributed by atoms with Crippen molar-refractivity contribution >= 4 is 11.6 Å². The molecule has 0 bridgehead atoms. The van der Waals surface area contributed by atoms with Crippen molar-refractivity contribution in [2.24, 2.45) is 7.05 Å². The number of nitrogens with zero attached hydrogens (tertiary/aromatic N) is 5. The molecule has 1 aliphatic heterocycles. The molecule has 5 rings (SSSR count). The molecular weight excluding hydrogens is 406 g/mol. The predicted octanol–water partition coefficient (Wildman–Crippen LogP) is 3.98. The van der Waals surface area contributed by atoms with E-state index in [1.54, 1.807) is 18.2 Å². The molecule has 0 radical (unpaired) electrons. The zero-order valence-corrected chi connectivity index (χ0v) is 17.5. The number of rotatable bonds is 4. The molecule has 0 unspecified atom stereocenters. The first kappa shape index (κ1) is 19.7. The van der Waals surface area contributed by atoms with Crippen LogP contribution in [0, 0.1) is 10.1 Å². The summed E-state index contributed by atoms with van der Waals surface area (Å²) in [5.41, 5.74) is 4.67. The highest BCUT2D eigenvalue weighted by atomic mass is 16.6. The standard InChI is InChI=1S/C24H21N5O3/c1-26-12-5-10-22(26)21-15-23(28(25-21)19-8-4-9-20(14-19)29(31)32)24(30)27-13-11-17-6-2-3-7-18(17)16-27/h2-10,12,14-15H,11,13,16H2,1H3. The molecule has 3 heterocycles. The van der Waals surface area contributed by atoms with E-state index in [-0.39, 0.29) is 11.6 Å². The Balaban J connectivity index is 1.58. The summed E-state index contributed by atoms with van der Waals surface area (Å²) in [7, 11) is 1.91. The summed E-state index contributed by atoms with van der Waals surface area (Å²) in [6.45, 7) is 1.13. The van der Waals surface area contributed by atoms with Gasteiger partial charge in [-0.2, -0.15) is 5.10 Å². The third-order valence-electron chi connectivity index (χ3n) is 5.84. The summed E-state index contributed by atoms with van der Waals surface area (Å²) >= 11 is 0. The molecule has 0 aliphatic carbocycles. The summed E-state index contributed by atoms with van der Waals surface area (Å²) in [6, 6.07) is 19.9. The maximum atomic E-state index is 13.6. The number of benzene rings is 2. The normalized spacial score (nSPS) is 13.1. The van der Waals surface area contributed by atoms with Crippen LogP contribution in [-0.4, -0.2) is 36.6 Å². The van der Waals surface area contributed by atoms with Crippen molar-refractivity contribution in [1.82, 2.24) is 19.2 Å². The predicted molar refractivity (Wildman–Crippen MR) is 120 cm³/mol. The number of hydrogen-bond donors (Lipinski definition) is 0. The zero-order chi connectivity index (χ0) is 22.2. The molecule has 1 aliphatic rings. The minimum atomic E-state index is -0.450. The summed E-state index contributed by atoms with van der Waals surface area (Å²) in [6.07, 6.45) is 2.70. The minimum Gasteiger partial charge on any atom is -0.349 e. The van der Waals surface area contributed by atoms with E-state index in [1.165, 1.54) is 22.4 Å². The van der Waals surface area contributed by atoms with Gasteiger partial charge in [0.15, 0.2) is 0 Å². The lowest BCUT2D eigenvalue weighted by Crippen LogP contribution is -2.37. The molecule has 8 heteroatoms. The summed E-state index contributed by atoms with van der Waals surface area (Å²) in [5.74, 6) is -0.154. The second kappa shape index (κ2) is 7.81. The molecular formula is C24H21N5O3. The van der Waals surface area contributed by atoms with Gasteiger partial charge >= 0.3 is 0 Å². The van der Waals surface area contributed by atoms with Gasteiger partial charge in [-0.1, -0.05) is 30.3 Å². The molecule has 2 aromatic heterocycles. The van der Waals surface area contributed by atoms with Crippen molar-refractivity contribution in [2.75, 3.05) is 6.54 Å². The van der Waals surface area contributed by atoms with Crippen molar-refractivity contribution in [2.45, 2.75) is 13.0 Å². The lowest BCUT2D eigenvalue weighted by atomic mass is 10.00. The van der Waals surface area contributed by atoms with Gasteiger partial charge in [0.1, 0.15) is 11.4 Å². The quantitative estimate of drug-likeness (QED) is 0.364. The van der Waals surface area contributed by atoms with Crippen molar-refractivity contribution in [3.05, 3.63) is 99.9 Å². The Hall–Kier alpha value is -4.20. The number of carbonyl (C=O) groups excluding carboxylic acids is 1. The lowest BCUT2D eigenvalue weighted by Gasteiger charge is -2.28. The monoisotopic (exact) mass is 427 g/mol. The molecule has 4 aromatic rings. The first-order chi connectivity index (χ1) is 15.5. The Kier molecular flexibility index (Phi) is 4.82. The van der Waals surface area contributed by atoms with Gasteiger partial charge < -0.3 is 9.47 Å². The highest BCUT2D eigenvalue weighted by Gasteiger charge is 2.26. The largest absolute Gasteiger partial charge is 0.349 e. The molecule has 0 spiro atoms. The second-order valence-electron chi connectivity index (χ2n) is 7.85. The van der Waals surface area contributed by atoms with Gasteiger partial charge in [-0.25, -0.2) is 4.68 Å². The van der Waals surface area contributed by atoms with Gasteiger partial charge in [0, 0.05) is 38.5 Å². The van der Waals surface area contributed by atoms with Crippen LogP contribution in [0.15, 0.2) is 72.9 Å². The summed E-state index contributed by atoms with van der Waals surface area (Å²) < 4.78 is 3.43. The van der Waals surface area contributed by atoms with E-state index >= 15 is 0 Å². The smallest absolute Gasteiger partial charge is 0.272 e. The molecule has 0 saturated carbocycles. The van der Waals surface area contributed by atoms with E-state index in [2.05, 4.69) is 11.2 Å². The molecule has 8 nitrogen and oxygen atoms in total. The van der Waals surface area contributed by atoms with Crippen LogP contribution in [-0.2, 0) is 20.0 Å². The molecule has 0 fully saturated rings. The van der Waals surface area contributed by atoms with Crippen molar-refractivity contribution in [3.63, 3.8) is 0 Å². The van der Waals surface area contributed by atoms with E-state index < -0.39 is 4.92 Å². The second-order valence-corrected chi connectivity index (χ2v) is 7.85. The Morgan fingerprint density at radius 1 is 1.03 bits per heavy atom. The van der Waals surface area contributed by atoms with E-state index in [0.29, 0.717) is 30.2 Å². The third-order valence-corrected chi connectivity index (χ3v) is 5.84. The van der Waals surface area contributed by atoms with Gasteiger partial charge in [-0.15, -0.1) is 0 Å². The van der Waals surface area contributed by atoms with Crippen LogP contribution < -0.4 is 0 Å². The van der Waals surface area contributed by atoms with E-state index in [1.807, 2.05) is 53.0 Å². The number of carbonyl (C=O) groups is 1. The fraction of sp³-hybridized carbons (Fsp3) is 0.167. The fourth-order valence-corrected chi connectivity index (χ4v) is 4.15. The van der Waals surface area contributed by atoms with Gasteiger partial charge in [0.05, 0.1) is 16.3 Å². The van der Waals surface area contributed by atoms with Gasteiger partial charge in [0.25, 0.3) is 11.6 Å². The average Bonchev–Trinajstić information content (AvgIpc) is 3.44. The average molecular weight is 427 g/mol. The highest BCUT2D eigenvalue weighted by Crippen LogP contribution is 2.26. The van der Waals surface area contributed by atoms with Crippen LogP contribution in [0.3, 0.4) is 0 Å².